The number of methoxy groups -OCH3 is 1. The monoisotopic (exact) mass is 247 g/mol. The molecular weight excluding hydrogens is 230 g/mol. The van der Waals surface area contributed by atoms with Gasteiger partial charge in [-0.2, -0.15) is 0 Å². The molecule has 0 unspecified atom stereocenters. The zero-order valence-corrected chi connectivity index (χ0v) is 10.4. The molecule has 0 radical (unpaired) electrons. The Kier molecular flexibility index (Phi) is 4.36. The Morgan fingerprint density at radius 3 is 2.78 bits per heavy atom. The first-order chi connectivity index (χ1) is 8.78. The van der Waals surface area contributed by atoms with Gasteiger partial charge in [-0.1, -0.05) is 12.1 Å². The van der Waals surface area contributed by atoms with Gasteiger partial charge in [0.1, 0.15) is 11.9 Å². The molecule has 1 aromatic carbocycles. The summed E-state index contributed by atoms with van der Waals surface area (Å²) in [7, 11) is 1.36. The van der Waals surface area contributed by atoms with Gasteiger partial charge in [0.2, 0.25) is 0 Å². The van der Waals surface area contributed by atoms with Gasteiger partial charge in [0, 0.05) is 12.6 Å². The molecule has 1 aromatic rings. The van der Waals surface area contributed by atoms with Crippen LogP contribution < -0.4 is 10.1 Å². The molecule has 0 saturated carbocycles. The summed E-state index contributed by atoms with van der Waals surface area (Å²) < 4.78 is 10.3. The molecule has 1 aliphatic heterocycles. The summed E-state index contributed by atoms with van der Waals surface area (Å²) in [5.74, 6) is 0.506. The van der Waals surface area contributed by atoms with Crippen LogP contribution in [-0.2, 0) is 9.53 Å². The molecule has 1 aliphatic rings. The highest BCUT2D eigenvalue weighted by molar-refractivity contribution is 5.86. The number of esters is 1. The average Bonchev–Trinajstić information content (AvgIpc) is 2.90. The lowest BCUT2D eigenvalue weighted by atomic mass is 10.2. The van der Waals surface area contributed by atoms with Crippen LogP contribution in [0.15, 0.2) is 30.3 Å². The van der Waals surface area contributed by atoms with Crippen molar-refractivity contribution in [2.45, 2.75) is 12.5 Å². The maximum atomic E-state index is 10.9. The van der Waals surface area contributed by atoms with Crippen LogP contribution in [0.4, 0.5) is 0 Å². The fraction of sp³-hybridized carbons (Fsp3) is 0.357. The maximum absolute atomic E-state index is 10.9. The molecule has 1 heterocycles. The molecule has 18 heavy (non-hydrogen) atoms. The van der Waals surface area contributed by atoms with Crippen LogP contribution >= 0.6 is 0 Å². The molecule has 2 rings (SSSR count). The van der Waals surface area contributed by atoms with Crippen LogP contribution in [-0.4, -0.2) is 32.3 Å². The molecule has 1 saturated heterocycles. The molecule has 0 aromatic heterocycles. The lowest BCUT2D eigenvalue weighted by molar-refractivity contribution is -0.134. The van der Waals surface area contributed by atoms with Gasteiger partial charge in [-0.05, 0) is 36.7 Å². The second kappa shape index (κ2) is 6.21. The second-order valence-electron chi connectivity index (χ2n) is 4.16. The van der Waals surface area contributed by atoms with E-state index in [2.05, 4.69) is 10.1 Å². The third-order valence-corrected chi connectivity index (χ3v) is 2.81. The molecule has 1 N–H and O–H groups in total. The van der Waals surface area contributed by atoms with Gasteiger partial charge in [0.25, 0.3) is 0 Å². The van der Waals surface area contributed by atoms with E-state index >= 15 is 0 Å². The Hall–Kier alpha value is -1.81. The highest BCUT2D eigenvalue weighted by Gasteiger charge is 2.15. The Bertz CT molecular complexity index is 419. The van der Waals surface area contributed by atoms with E-state index in [4.69, 9.17) is 4.74 Å². The SMILES string of the molecule is COC(=O)/C=C/c1ccc(O[C@H]2CCNC2)cc1. The number of hydrogen-bond donors (Lipinski definition) is 1. The summed E-state index contributed by atoms with van der Waals surface area (Å²) in [6.45, 7) is 1.93. The van der Waals surface area contributed by atoms with E-state index in [-0.39, 0.29) is 12.1 Å². The molecule has 0 aliphatic carbocycles. The lowest BCUT2D eigenvalue weighted by Gasteiger charge is -2.12. The fourth-order valence-corrected chi connectivity index (χ4v) is 1.81. The number of rotatable bonds is 4. The Morgan fingerprint density at radius 2 is 2.17 bits per heavy atom. The summed E-state index contributed by atoms with van der Waals surface area (Å²) in [5, 5.41) is 3.26. The van der Waals surface area contributed by atoms with Gasteiger partial charge >= 0.3 is 5.97 Å². The van der Waals surface area contributed by atoms with Crippen molar-refractivity contribution in [2.75, 3.05) is 20.2 Å². The molecule has 0 spiro atoms. The van der Waals surface area contributed by atoms with Gasteiger partial charge in [0.05, 0.1) is 7.11 Å². The van der Waals surface area contributed by atoms with E-state index in [1.807, 2.05) is 24.3 Å². The predicted molar refractivity (Wildman–Crippen MR) is 69.4 cm³/mol. The highest BCUT2D eigenvalue weighted by atomic mass is 16.5. The number of benzene rings is 1. The average molecular weight is 247 g/mol. The minimum Gasteiger partial charge on any atom is -0.489 e. The normalized spacial score (nSPS) is 19.1. The standard InChI is InChI=1S/C14H17NO3/c1-17-14(16)7-4-11-2-5-12(6-3-11)18-13-8-9-15-10-13/h2-7,13,15H,8-10H2,1H3/b7-4+/t13-/m0/s1. The number of carbonyl (C=O) groups is 1. The van der Waals surface area contributed by atoms with Gasteiger partial charge in [-0.3, -0.25) is 0 Å². The molecule has 4 heteroatoms. The number of hydrogen-bond acceptors (Lipinski definition) is 4. The third kappa shape index (κ3) is 3.60. The Morgan fingerprint density at radius 1 is 1.39 bits per heavy atom. The number of carbonyl (C=O) groups excluding carboxylic acids is 1. The minimum atomic E-state index is -0.354. The molecule has 4 nitrogen and oxygen atoms in total. The first kappa shape index (κ1) is 12.6. The second-order valence-corrected chi connectivity index (χ2v) is 4.16. The van der Waals surface area contributed by atoms with Crippen molar-refractivity contribution in [3.8, 4) is 5.75 Å². The summed E-state index contributed by atoms with van der Waals surface area (Å²) in [4.78, 5) is 10.9. The van der Waals surface area contributed by atoms with Crippen molar-refractivity contribution in [1.29, 1.82) is 0 Å². The largest absolute Gasteiger partial charge is 0.489 e. The van der Waals surface area contributed by atoms with E-state index in [0.29, 0.717) is 0 Å². The molecule has 1 atom stereocenters. The summed E-state index contributed by atoms with van der Waals surface area (Å²) in [6.07, 6.45) is 4.43. The zero-order valence-electron chi connectivity index (χ0n) is 10.4. The number of ether oxygens (including phenoxy) is 2. The third-order valence-electron chi connectivity index (χ3n) is 2.81. The molecular formula is C14H17NO3. The summed E-state index contributed by atoms with van der Waals surface area (Å²) in [5.41, 5.74) is 0.942. The number of nitrogens with one attached hydrogen (secondary N) is 1. The van der Waals surface area contributed by atoms with E-state index in [1.165, 1.54) is 13.2 Å². The molecule has 96 valence electrons. The fourth-order valence-electron chi connectivity index (χ4n) is 1.81. The van der Waals surface area contributed by atoms with Crippen LogP contribution in [0.2, 0.25) is 0 Å². The van der Waals surface area contributed by atoms with E-state index in [9.17, 15) is 4.79 Å². The quantitative estimate of drug-likeness (QED) is 0.648. The van der Waals surface area contributed by atoms with Crippen LogP contribution in [0.5, 0.6) is 5.75 Å². The van der Waals surface area contributed by atoms with E-state index < -0.39 is 0 Å². The summed E-state index contributed by atoms with van der Waals surface area (Å²) in [6, 6.07) is 7.65. The van der Waals surface area contributed by atoms with Gasteiger partial charge in [-0.25, -0.2) is 4.79 Å². The van der Waals surface area contributed by atoms with Crippen molar-refractivity contribution >= 4 is 12.0 Å². The van der Waals surface area contributed by atoms with Crippen molar-refractivity contribution in [3.63, 3.8) is 0 Å². The van der Waals surface area contributed by atoms with Gasteiger partial charge in [0.15, 0.2) is 0 Å². The Labute approximate surface area is 107 Å². The maximum Gasteiger partial charge on any atom is 0.330 e. The van der Waals surface area contributed by atoms with Crippen molar-refractivity contribution < 1.29 is 14.3 Å². The minimum absolute atomic E-state index is 0.265. The van der Waals surface area contributed by atoms with Crippen molar-refractivity contribution in [3.05, 3.63) is 35.9 Å². The highest BCUT2D eigenvalue weighted by Crippen LogP contribution is 2.16. The first-order valence-corrected chi connectivity index (χ1v) is 6.01. The van der Waals surface area contributed by atoms with Crippen LogP contribution in [0.3, 0.4) is 0 Å². The van der Waals surface area contributed by atoms with Gasteiger partial charge in [-0.15, -0.1) is 0 Å². The van der Waals surface area contributed by atoms with E-state index in [0.717, 1.165) is 30.8 Å². The smallest absolute Gasteiger partial charge is 0.330 e. The van der Waals surface area contributed by atoms with Crippen LogP contribution in [0.1, 0.15) is 12.0 Å². The summed E-state index contributed by atoms with van der Waals surface area (Å²) >= 11 is 0. The van der Waals surface area contributed by atoms with Crippen LogP contribution in [0.25, 0.3) is 6.08 Å². The van der Waals surface area contributed by atoms with Crippen molar-refractivity contribution in [2.24, 2.45) is 0 Å². The zero-order chi connectivity index (χ0) is 12.8. The molecule has 0 bridgehead atoms. The molecule has 1 fully saturated rings. The van der Waals surface area contributed by atoms with Gasteiger partial charge < -0.3 is 14.8 Å². The predicted octanol–water partition coefficient (Wildman–Crippen LogP) is 1.61. The Balaban J connectivity index is 1.92. The first-order valence-electron chi connectivity index (χ1n) is 6.01. The van der Waals surface area contributed by atoms with Crippen LogP contribution in [0, 0.1) is 0 Å². The van der Waals surface area contributed by atoms with Crippen molar-refractivity contribution in [1.82, 2.24) is 5.32 Å². The molecule has 0 amide bonds. The topological polar surface area (TPSA) is 47.6 Å². The van der Waals surface area contributed by atoms with E-state index in [1.54, 1.807) is 6.08 Å². The lowest BCUT2D eigenvalue weighted by Crippen LogP contribution is -2.19.